The Morgan fingerprint density at radius 2 is 1.71 bits per heavy atom. The van der Waals surface area contributed by atoms with E-state index in [4.69, 9.17) is 0 Å². The highest BCUT2D eigenvalue weighted by atomic mass is 16.3. The van der Waals surface area contributed by atoms with Gasteiger partial charge in [-0.1, -0.05) is 49.5 Å². The van der Waals surface area contributed by atoms with Gasteiger partial charge in [0.2, 0.25) is 0 Å². The van der Waals surface area contributed by atoms with E-state index in [1.165, 1.54) is 0 Å². The average molecular weight is 373 g/mol. The Morgan fingerprint density at radius 3 is 2.29 bits per heavy atom. The first kappa shape index (κ1) is 19.9. The number of allylic oxidation sites excluding steroid dienone is 2. The van der Waals surface area contributed by atoms with Crippen molar-refractivity contribution in [3.05, 3.63) is 70.3 Å². The minimum absolute atomic E-state index is 0.0240. The maximum atomic E-state index is 13.5. The lowest BCUT2D eigenvalue weighted by Crippen LogP contribution is -2.29. The van der Waals surface area contributed by atoms with Crippen molar-refractivity contribution in [1.82, 2.24) is 0 Å². The molecule has 1 aliphatic carbocycles. The minimum Gasteiger partial charge on any atom is -0.388 e. The smallest absolute Gasteiger partial charge is 0.193 e. The van der Waals surface area contributed by atoms with E-state index < -0.39 is 5.60 Å². The molecule has 28 heavy (non-hydrogen) atoms. The topological polar surface area (TPSA) is 49.3 Å². The highest BCUT2D eigenvalue weighted by molar-refractivity contribution is 6.31. The summed E-state index contributed by atoms with van der Waals surface area (Å²) >= 11 is 0. The molecule has 0 fully saturated rings. The molecule has 144 valence electrons. The fourth-order valence-corrected chi connectivity index (χ4v) is 3.55. The molecule has 3 nitrogen and oxygen atoms in total. The van der Waals surface area contributed by atoms with Crippen molar-refractivity contribution in [3.63, 3.8) is 0 Å². The lowest BCUT2D eigenvalue weighted by molar-refractivity contribution is 0.105. The molecule has 0 unspecified atom stereocenters. The van der Waals surface area contributed by atoms with Crippen molar-refractivity contribution >= 4 is 17.0 Å². The van der Waals surface area contributed by atoms with E-state index in [1.54, 1.807) is 13.8 Å². The van der Waals surface area contributed by atoms with Gasteiger partial charge in [-0.2, -0.15) is 0 Å². The molecule has 2 N–H and O–H groups in total. The van der Waals surface area contributed by atoms with E-state index in [-0.39, 0.29) is 11.2 Å². The van der Waals surface area contributed by atoms with Crippen LogP contribution in [-0.4, -0.2) is 23.5 Å². The van der Waals surface area contributed by atoms with Gasteiger partial charge in [0.1, 0.15) is 5.60 Å². The fourth-order valence-electron chi connectivity index (χ4n) is 3.55. The monoisotopic (exact) mass is 373 g/mol. The Kier molecular flexibility index (Phi) is 4.95. The summed E-state index contributed by atoms with van der Waals surface area (Å²) in [4.78, 5) is 13.5. The molecule has 2 aromatic rings. The van der Waals surface area contributed by atoms with E-state index in [2.05, 4.69) is 31.0 Å². The number of hydrogen-bond donors (Lipinski definition) is 2. The van der Waals surface area contributed by atoms with E-state index in [9.17, 15) is 9.90 Å². The summed E-state index contributed by atoms with van der Waals surface area (Å²) < 4.78 is 0. The zero-order valence-electron chi connectivity index (χ0n) is 17.4. The third-order valence-electron chi connectivity index (χ3n) is 5.45. The van der Waals surface area contributed by atoms with Crippen molar-refractivity contribution < 1.29 is 9.90 Å². The first-order valence-corrected chi connectivity index (χ1v) is 9.49. The third-order valence-corrected chi connectivity index (χ3v) is 5.45. The van der Waals surface area contributed by atoms with Crippen LogP contribution in [0.1, 0.15) is 61.7 Å². The zero-order valence-corrected chi connectivity index (χ0v) is 17.4. The van der Waals surface area contributed by atoms with Crippen LogP contribution in [0.4, 0.5) is 5.69 Å². The molecule has 0 aromatic heterocycles. The van der Waals surface area contributed by atoms with Crippen molar-refractivity contribution in [2.24, 2.45) is 0 Å². The van der Waals surface area contributed by atoms with Crippen LogP contribution in [0.3, 0.4) is 0 Å². The van der Waals surface area contributed by atoms with Crippen LogP contribution in [0.25, 0.3) is 5.57 Å². The molecule has 0 spiro atoms. The number of carbonyl (C=O) groups is 1. The van der Waals surface area contributed by atoms with Gasteiger partial charge in [0.05, 0.1) is 0 Å². The van der Waals surface area contributed by atoms with Crippen LogP contribution in [0.15, 0.2) is 48.0 Å². The third kappa shape index (κ3) is 3.61. The normalized spacial score (nSPS) is 15.6. The summed E-state index contributed by atoms with van der Waals surface area (Å²) in [5, 5.41) is 13.0. The van der Waals surface area contributed by atoms with Crippen molar-refractivity contribution in [2.75, 3.05) is 12.4 Å². The number of carbonyl (C=O) groups excluding carboxylic acids is 1. The van der Waals surface area contributed by atoms with Gasteiger partial charge in [0.25, 0.3) is 0 Å². The Balaban J connectivity index is 2.14. The van der Waals surface area contributed by atoms with Crippen molar-refractivity contribution in [2.45, 2.75) is 45.6 Å². The molecule has 0 saturated carbocycles. The molecule has 1 aliphatic rings. The SMILES string of the molecule is CNc1ccc(C2=C(C)C(C)(C)c3ccc(C#CC(C)(C)O)cc3C2=O)cc1. The van der Waals surface area contributed by atoms with Gasteiger partial charge in [-0.3, -0.25) is 4.79 Å². The van der Waals surface area contributed by atoms with E-state index in [0.29, 0.717) is 5.56 Å². The average Bonchev–Trinajstić information content (AvgIpc) is 2.65. The summed E-state index contributed by atoms with van der Waals surface area (Å²) in [6, 6.07) is 13.7. The maximum absolute atomic E-state index is 13.5. The summed E-state index contributed by atoms with van der Waals surface area (Å²) in [6.45, 7) is 9.64. The Bertz CT molecular complexity index is 1020. The Hall–Kier alpha value is -2.83. The molecule has 3 rings (SSSR count). The molecule has 2 aromatic carbocycles. The number of ketones is 1. The van der Waals surface area contributed by atoms with E-state index in [0.717, 1.165) is 33.5 Å². The van der Waals surface area contributed by atoms with Crippen LogP contribution in [-0.2, 0) is 5.41 Å². The number of nitrogens with one attached hydrogen (secondary N) is 1. The number of hydrogen-bond acceptors (Lipinski definition) is 3. The van der Waals surface area contributed by atoms with Gasteiger partial charge < -0.3 is 10.4 Å². The van der Waals surface area contributed by atoms with Gasteiger partial charge in [0, 0.05) is 34.9 Å². The number of benzene rings is 2. The Morgan fingerprint density at radius 1 is 1.07 bits per heavy atom. The lowest BCUT2D eigenvalue weighted by Gasteiger charge is -2.35. The van der Waals surface area contributed by atoms with E-state index in [1.807, 2.05) is 56.4 Å². The summed E-state index contributed by atoms with van der Waals surface area (Å²) in [5.74, 6) is 5.83. The molecule has 0 heterocycles. The fraction of sp³-hybridized carbons (Fsp3) is 0.320. The van der Waals surface area contributed by atoms with Gasteiger partial charge in [-0.15, -0.1) is 0 Å². The second-order valence-electron chi connectivity index (χ2n) is 8.35. The van der Waals surface area contributed by atoms with Gasteiger partial charge in [-0.05, 0) is 56.2 Å². The second-order valence-corrected chi connectivity index (χ2v) is 8.35. The molecule has 0 atom stereocenters. The largest absolute Gasteiger partial charge is 0.388 e. The minimum atomic E-state index is -1.07. The predicted octanol–water partition coefficient (Wildman–Crippen LogP) is 4.80. The molecule has 0 bridgehead atoms. The van der Waals surface area contributed by atoms with Crippen LogP contribution < -0.4 is 5.32 Å². The number of fused-ring (bicyclic) bond motifs is 1. The number of Topliss-reactive ketones (excluding diaryl/α,β-unsaturated/α-hetero) is 1. The van der Waals surface area contributed by atoms with Crippen LogP contribution in [0.5, 0.6) is 0 Å². The molecule has 0 saturated heterocycles. The highest BCUT2D eigenvalue weighted by Crippen LogP contribution is 2.44. The van der Waals surface area contributed by atoms with Crippen LogP contribution in [0, 0.1) is 11.8 Å². The molecule has 0 radical (unpaired) electrons. The summed E-state index contributed by atoms with van der Waals surface area (Å²) in [7, 11) is 1.88. The number of anilines is 1. The van der Waals surface area contributed by atoms with Crippen LogP contribution >= 0.6 is 0 Å². The number of rotatable bonds is 2. The predicted molar refractivity (Wildman–Crippen MR) is 116 cm³/mol. The molecular formula is C25H27NO2. The standard InChI is InChI=1S/C25H27NO2/c1-16-22(18-8-10-19(26-6)11-9-18)23(27)20-15-17(13-14-24(2,3)28)7-12-21(20)25(16,4)5/h7-12,15,26,28H,1-6H3. The molecular weight excluding hydrogens is 346 g/mol. The summed E-state index contributed by atoms with van der Waals surface area (Å²) in [6.07, 6.45) is 0. The molecule has 0 aliphatic heterocycles. The van der Waals surface area contributed by atoms with Gasteiger partial charge in [-0.25, -0.2) is 0 Å². The quantitative estimate of drug-likeness (QED) is 0.744. The van der Waals surface area contributed by atoms with Crippen molar-refractivity contribution in [3.8, 4) is 11.8 Å². The lowest BCUT2D eigenvalue weighted by atomic mass is 9.67. The zero-order chi connectivity index (χ0) is 20.7. The number of aliphatic hydroxyl groups is 1. The van der Waals surface area contributed by atoms with Crippen LogP contribution in [0.2, 0.25) is 0 Å². The summed E-state index contributed by atoms with van der Waals surface area (Å²) in [5.41, 5.74) is 4.85. The highest BCUT2D eigenvalue weighted by Gasteiger charge is 2.37. The van der Waals surface area contributed by atoms with Crippen molar-refractivity contribution in [1.29, 1.82) is 0 Å². The first-order chi connectivity index (χ1) is 13.0. The van der Waals surface area contributed by atoms with E-state index >= 15 is 0 Å². The molecule has 3 heteroatoms. The second kappa shape index (κ2) is 6.96. The van der Waals surface area contributed by atoms with Gasteiger partial charge >= 0.3 is 0 Å². The maximum Gasteiger partial charge on any atom is 0.193 e. The van der Waals surface area contributed by atoms with Gasteiger partial charge in [0.15, 0.2) is 5.78 Å². The molecule has 0 amide bonds. The Labute approximate surface area is 167 Å². The first-order valence-electron chi connectivity index (χ1n) is 9.49.